The number of hydrogen-bond donors (Lipinski definition) is 0. The maximum Gasteiger partial charge on any atom is 0.0547 e. The number of para-hydroxylation sites is 1. The molecule has 0 saturated heterocycles. The first-order chi connectivity index (χ1) is 33.1. The van der Waals surface area contributed by atoms with Gasteiger partial charge in [-0.15, -0.1) is 0 Å². The highest BCUT2D eigenvalue weighted by Crippen LogP contribution is 2.42. The molecule has 0 radical (unpaired) electrons. The number of nitrogens with zero attached hydrogens (tertiary/aromatic N) is 2. The number of allylic oxidation sites excluding steroid dienone is 13. The van der Waals surface area contributed by atoms with Crippen LogP contribution in [0.5, 0.6) is 0 Å². The molecule has 0 aliphatic heterocycles. The summed E-state index contributed by atoms with van der Waals surface area (Å²) in [4.78, 5) is 2.39. The summed E-state index contributed by atoms with van der Waals surface area (Å²) in [7, 11) is 0. The Kier molecular flexibility index (Phi) is 11.1. The van der Waals surface area contributed by atoms with Crippen LogP contribution in [0.25, 0.3) is 77.2 Å². The fraction of sp³-hybridized carbons (Fsp3) is 0.0769. The molecule has 322 valence electrons. The first kappa shape index (κ1) is 41.5. The van der Waals surface area contributed by atoms with Crippen LogP contribution in [0.1, 0.15) is 32.3 Å². The van der Waals surface area contributed by atoms with Crippen LogP contribution < -0.4 is 4.90 Å². The molecule has 0 spiro atoms. The van der Waals surface area contributed by atoms with E-state index in [-0.39, 0.29) is 0 Å². The zero-order valence-electron chi connectivity index (χ0n) is 38.1. The lowest BCUT2D eigenvalue weighted by molar-refractivity contribution is 0.778. The third-order valence-electron chi connectivity index (χ3n) is 13.4. The average molecular weight is 861 g/mol. The van der Waals surface area contributed by atoms with Crippen molar-refractivity contribution in [2.75, 3.05) is 4.90 Å². The molecule has 9 aromatic rings. The van der Waals surface area contributed by atoms with Crippen LogP contribution in [0, 0.1) is 5.92 Å². The molecule has 2 nitrogen and oxygen atoms in total. The monoisotopic (exact) mass is 860 g/mol. The van der Waals surface area contributed by atoms with Gasteiger partial charge in [0.2, 0.25) is 0 Å². The van der Waals surface area contributed by atoms with E-state index in [1.807, 2.05) is 6.08 Å². The lowest BCUT2D eigenvalue weighted by Crippen LogP contribution is -2.10. The molecule has 2 aliphatic rings. The Morgan fingerprint density at radius 2 is 1.28 bits per heavy atom. The van der Waals surface area contributed by atoms with Crippen LogP contribution >= 0.6 is 0 Å². The second kappa shape index (κ2) is 18.0. The molecule has 67 heavy (non-hydrogen) atoms. The Balaban J connectivity index is 0.979. The summed E-state index contributed by atoms with van der Waals surface area (Å²) in [5.41, 5.74) is 19.1. The predicted octanol–water partition coefficient (Wildman–Crippen LogP) is 18.3. The highest BCUT2D eigenvalue weighted by atomic mass is 15.1. The first-order valence-corrected chi connectivity index (χ1v) is 23.6. The van der Waals surface area contributed by atoms with Crippen LogP contribution in [0.2, 0.25) is 0 Å². The molecule has 0 saturated carbocycles. The minimum Gasteiger partial charge on any atom is -0.310 e. The molecule has 0 fully saturated rings. The van der Waals surface area contributed by atoms with Crippen LogP contribution in [0.15, 0.2) is 254 Å². The molecule has 2 aliphatic carbocycles. The van der Waals surface area contributed by atoms with E-state index in [9.17, 15) is 0 Å². The molecular formula is C65H52N2. The molecule has 8 aromatic carbocycles. The van der Waals surface area contributed by atoms with Gasteiger partial charge in [-0.3, -0.25) is 0 Å². The molecule has 2 heteroatoms. The maximum atomic E-state index is 3.98. The topological polar surface area (TPSA) is 8.17 Å². The molecule has 1 aromatic heterocycles. The van der Waals surface area contributed by atoms with E-state index in [1.54, 1.807) is 0 Å². The number of aromatic nitrogens is 1. The quantitative estimate of drug-likeness (QED) is 0.118. The van der Waals surface area contributed by atoms with Gasteiger partial charge in [0.05, 0.1) is 11.0 Å². The third-order valence-corrected chi connectivity index (χ3v) is 13.4. The summed E-state index contributed by atoms with van der Waals surface area (Å²) in [6.45, 7) is 8.28. The van der Waals surface area contributed by atoms with Gasteiger partial charge < -0.3 is 9.47 Å². The van der Waals surface area contributed by atoms with Crippen molar-refractivity contribution in [3.63, 3.8) is 0 Å². The van der Waals surface area contributed by atoms with Gasteiger partial charge in [-0.1, -0.05) is 183 Å². The van der Waals surface area contributed by atoms with E-state index in [0.717, 1.165) is 35.5 Å². The zero-order valence-corrected chi connectivity index (χ0v) is 38.1. The number of benzene rings is 8. The first-order valence-electron chi connectivity index (χ1n) is 23.6. The summed E-state index contributed by atoms with van der Waals surface area (Å²) in [6.07, 6.45) is 22.0. The summed E-state index contributed by atoms with van der Waals surface area (Å²) in [5, 5.41) is 5.02. The normalized spacial score (nSPS) is 14.9. The Morgan fingerprint density at radius 1 is 0.612 bits per heavy atom. The molecule has 0 N–H and O–H groups in total. The summed E-state index contributed by atoms with van der Waals surface area (Å²) < 4.78 is 2.42. The van der Waals surface area contributed by atoms with Gasteiger partial charge in [0.15, 0.2) is 0 Å². The number of anilines is 3. The smallest absolute Gasteiger partial charge is 0.0547 e. The van der Waals surface area contributed by atoms with E-state index in [0.29, 0.717) is 5.92 Å². The highest BCUT2D eigenvalue weighted by Gasteiger charge is 2.20. The maximum absolute atomic E-state index is 3.98. The van der Waals surface area contributed by atoms with Crippen molar-refractivity contribution in [3.8, 4) is 33.4 Å². The Hall–Kier alpha value is -8.20. The van der Waals surface area contributed by atoms with Crippen molar-refractivity contribution in [2.45, 2.75) is 26.7 Å². The molecular weight excluding hydrogens is 809 g/mol. The fourth-order valence-electron chi connectivity index (χ4n) is 10.2. The molecule has 1 atom stereocenters. The zero-order chi connectivity index (χ0) is 45.3. The number of fused-ring (bicyclic) bond motifs is 5. The number of hydrogen-bond acceptors (Lipinski definition) is 1. The lowest BCUT2D eigenvalue weighted by atomic mass is 9.82. The van der Waals surface area contributed by atoms with E-state index < -0.39 is 0 Å². The lowest BCUT2D eigenvalue weighted by Gasteiger charge is -2.27. The van der Waals surface area contributed by atoms with E-state index >= 15 is 0 Å². The second-order valence-electron chi connectivity index (χ2n) is 17.6. The Bertz CT molecular complexity index is 3540. The molecule has 0 amide bonds. The second-order valence-corrected chi connectivity index (χ2v) is 17.6. The van der Waals surface area contributed by atoms with Gasteiger partial charge in [-0.25, -0.2) is 0 Å². The number of rotatable bonds is 11. The van der Waals surface area contributed by atoms with Crippen molar-refractivity contribution >= 4 is 60.9 Å². The summed E-state index contributed by atoms with van der Waals surface area (Å²) in [5.74, 6) is 0.405. The Morgan fingerprint density at radius 3 is 2.07 bits per heavy atom. The van der Waals surface area contributed by atoms with Crippen LogP contribution in [-0.2, 0) is 0 Å². The average Bonchev–Trinajstić information content (AvgIpc) is 3.73. The van der Waals surface area contributed by atoms with Crippen molar-refractivity contribution in [1.82, 2.24) is 4.57 Å². The van der Waals surface area contributed by atoms with Gasteiger partial charge in [-0.05, 0) is 153 Å². The largest absolute Gasteiger partial charge is 0.310 e. The Labute approximate surface area is 394 Å². The highest BCUT2D eigenvalue weighted by molar-refractivity contribution is 6.16. The van der Waals surface area contributed by atoms with Crippen LogP contribution in [0.4, 0.5) is 17.1 Å². The summed E-state index contributed by atoms with van der Waals surface area (Å²) in [6, 6.07) is 67.0. The van der Waals surface area contributed by atoms with E-state index in [1.165, 1.54) is 88.4 Å². The van der Waals surface area contributed by atoms with E-state index in [4.69, 9.17) is 0 Å². The van der Waals surface area contributed by atoms with Crippen LogP contribution in [-0.4, -0.2) is 4.57 Å². The van der Waals surface area contributed by atoms with Crippen molar-refractivity contribution < 1.29 is 0 Å². The van der Waals surface area contributed by atoms with Gasteiger partial charge in [0.25, 0.3) is 0 Å². The van der Waals surface area contributed by atoms with Gasteiger partial charge in [0, 0.05) is 39.4 Å². The minimum atomic E-state index is 0.405. The van der Waals surface area contributed by atoms with Crippen LogP contribution in [0.3, 0.4) is 0 Å². The van der Waals surface area contributed by atoms with Crippen molar-refractivity contribution in [1.29, 1.82) is 0 Å². The fourth-order valence-corrected chi connectivity index (χ4v) is 10.2. The molecule has 1 heterocycles. The predicted molar refractivity (Wildman–Crippen MR) is 289 cm³/mol. The van der Waals surface area contributed by atoms with Gasteiger partial charge >= 0.3 is 0 Å². The third kappa shape index (κ3) is 7.91. The van der Waals surface area contributed by atoms with Gasteiger partial charge in [-0.2, -0.15) is 0 Å². The molecule has 1 unspecified atom stereocenters. The SMILES string of the molecule is C=CC1=CC2CC=C(c3ccc(N(c4ccc(-c5ccc6ccccc6c5)cc4)c4cccc(-c5cccc(-c6cccc7c6c6ccccc6n7C(/C=C\C)=C/CC)c5)c4)cc3)C=C2C=C1. The molecule has 0 bridgehead atoms. The van der Waals surface area contributed by atoms with Crippen molar-refractivity contribution in [3.05, 3.63) is 260 Å². The summed E-state index contributed by atoms with van der Waals surface area (Å²) >= 11 is 0. The van der Waals surface area contributed by atoms with Crippen molar-refractivity contribution in [2.24, 2.45) is 5.92 Å². The van der Waals surface area contributed by atoms with E-state index in [2.05, 4.69) is 260 Å². The molecule has 11 rings (SSSR count). The minimum absolute atomic E-state index is 0.405. The van der Waals surface area contributed by atoms with Gasteiger partial charge in [0.1, 0.15) is 0 Å². The standard InChI is InChI=1S/C65H52N2/c1-4-14-57(15-5-2)67-63-24-10-9-22-62(63)65-61(23-13-25-64(65)67)56-20-11-18-50(43-56)51-19-12-21-60(44-51)66(58-36-32-47(33-37-58)53-29-28-46-16-7-8-17-49(46)41-53)59-38-34-48(35-39-59)54-31-30-52-40-45(6-3)26-27-55(52)42-54/h4,6-29,31-44,52H,3,5,30H2,1-2H3/b14-4-,57-15+.